The van der Waals surface area contributed by atoms with Crippen LogP contribution < -0.4 is 15.9 Å². The lowest BCUT2D eigenvalue weighted by Crippen LogP contribution is -2.32. The standard InChI is InChI=1S/C14H13N5O4S/c15-24(22,23)12-5-3-11(4-6-12)18-13(20)14(21)19-17-9-10-2-1-7-16-8-10/h1-9H,(H,18,20)(H,19,21)(H2,15,22,23)/b17-9-. The third kappa shape index (κ3) is 4.97. The first-order valence-corrected chi connectivity index (χ1v) is 8.08. The molecule has 1 aromatic carbocycles. The fourth-order valence-electron chi connectivity index (χ4n) is 1.58. The number of hydrogen-bond acceptors (Lipinski definition) is 6. The molecule has 0 spiro atoms. The highest BCUT2D eigenvalue weighted by Gasteiger charge is 2.13. The van der Waals surface area contributed by atoms with Gasteiger partial charge in [0, 0.05) is 23.6 Å². The van der Waals surface area contributed by atoms with Crippen LogP contribution in [0, 0.1) is 0 Å². The van der Waals surface area contributed by atoms with E-state index in [1.165, 1.54) is 36.7 Å². The summed E-state index contributed by atoms with van der Waals surface area (Å²) >= 11 is 0. The summed E-state index contributed by atoms with van der Waals surface area (Å²) in [7, 11) is -3.82. The molecule has 10 heteroatoms. The van der Waals surface area contributed by atoms with E-state index in [-0.39, 0.29) is 10.6 Å². The summed E-state index contributed by atoms with van der Waals surface area (Å²) in [5.74, 6) is -1.94. The minimum absolute atomic E-state index is 0.106. The van der Waals surface area contributed by atoms with E-state index in [2.05, 4.69) is 20.8 Å². The molecule has 9 nitrogen and oxygen atoms in total. The van der Waals surface area contributed by atoms with Crippen LogP contribution in [-0.2, 0) is 19.6 Å². The molecule has 0 unspecified atom stereocenters. The average Bonchev–Trinajstić information content (AvgIpc) is 2.55. The zero-order valence-electron chi connectivity index (χ0n) is 12.2. The Morgan fingerprint density at radius 3 is 2.42 bits per heavy atom. The summed E-state index contributed by atoms with van der Waals surface area (Å²) in [6, 6.07) is 8.46. The molecule has 2 amide bonds. The second-order valence-corrected chi connectivity index (χ2v) is 6.07. The van der Waals surface area contributed by atoms with Crippen LogP contribution in [0.15, 0.2) is 58.8 Å². The number of primary sulfonamides is 1. The van der Waals surface area contributed by atoms with Gasteiger partial charge in [0.05, 0.1) is 11.1 Å². The van der Waals surface area contributed by atoms with Crippen LogP contribution in [0.2, 0.25) is 0 Å². The van der Waals surface area contributed by atoms with Crippen molar-refractivity contribution in [2.24, 2.45) is 10.2 Å². The van der Waals surface area contributed by atoms with Crippen LogP contribution >= 0.6 is 0 Å². The molecule has 0 bridgehead atoms. The second-order valence-electron chi connectivity index (χ2n) is 4.51. The number of nitrogens with one attached hydrogen (secondary N) is 2. The number of pyridine rings is 1. The fourth-order valence-corrected chi connectivity index (χ4v) is 2.10. The Morgan fingerprint density at radius 2 is 1.83 bits per heavy atom. The highest BCUT2D eigenvalue weighted by molar-refractivity contribution is 7.89. The first-order chi connectivity index (χ1) is 11.4. The van der Waals surface area contributed by atoms with Gasteiger partial charge in [-0.3, -0.25) is 14.6 Å². The van der Waals surface area contributed by atoms with Crippen molar-refractivity contribution in [1.29, 1.82) is 0 Å². The summed E-state index contributed by atoms with van der Waals surface area (Å²) in [6.45, 7) is 0. The number of sulfonamides is 1. The molecule has 1 heterocycles. The van der Waals surface area contributed by atoms with Gasteiger partial charge in [-0.2, -0.15) is 5.10 Å². The predicted molar refractivity (Wildman–Crippen MR) is 86.4 cm³/mol. The summed E-state index contributed by atoms with van der Waals surface area (Å²) in [4.78, 5) is 27.0. The molecular formula is C14H13N5O4S. The van der Waals surface area contributed by atoms with Gasteiger partial charge in [0.25, 0.3) is 0 Å². The molecular weight excluding hydrogens is 334 g/mol. The van der Waals surface area contributed by atoms with Crippen molar-refractivity contribution in [3.05, 3.63) is 54.4 Å². The Hall–Kier alpha value is -3.11. The van der Waals surface area contributed by atoms with Gasteiger partial charge in [0.1, 0.15) is 0 Å². The van der Waals surface area contributed by atoms with E-state index in [4.69, 9.17) is 5.14 Å². The number of amides is 2. The number of hydrogen-bond donors (Lipinski definition) is 3. The predicted octanol–water partition coefficient (Wildman–Crippen LogP) is -0.182. The molecule has 0 saturated heterocycles. The lowest BCUT2D eigenvalue weighted by atomic mass is 10.3. The largest absolute Gasteiger partial charge is 0.329 e. The Labute approximate surface area is 137 Å². The molecule has 24 heavy (non-hydrogen) atoms. The Balaban J connectivity index is 1.92. The van der Waals surface area contributed by atoms with E-state index < -0.39 is 21.8 Å². The number of nitrogens with zero attached hydrogens (tertiary/aromatic N) is 2. The third-order valence-corrected chi connectivity index (χ3v) is 3.64. The molecule has 0 aliphatic carbocycles. The molecule has 0 atom stereocenters. The molecule has 0 aliphatic heterocycles. The van der Waals surface area contributed by atoms with Crippen molar-refractivity contribution in [2.45, 2.75) is 4.90 Å². The number of aromatic nitrogens is 1. The van der Waals surface area contributed by atoms with Crippen molar-refractivity contribution in [1.82, 2.24) is 10.4 Å². The summed E-state index contributed by atoms with van der Waals surface area (Å²) < 4.78 is 22.2. The van der Waals surface area contributed by atoms with Gasteiger partial charge in [-0.05, 0) is 30.3 Å². The maximum Gasteiger partial charge on any atom is 0.329 e. The van der Waals surface area contributed by atoms with Crippen LogP contribution in [0.3, 0.4) is 0 Å². The fraction of sp³-hybridized carbons (Fsp3) is 0. The van der Waals surface area contributed by atoms with E-state index in [1.807, 2.05) is 0 Å². The summed E-state index contributed by atoms with van der Waals surface area (Å²) in [5.41, 5.74) is 2.95. The summed E-state index contributed by atoms with van der Waals surface area (Å²) in [5, 5.41) is 10.9. The quantitative estimate of drug-likeness (QED) is 0.399. The van der Waals surface area contributed by atoms with Crippen LogP contribution in [0.5, 0.6) is 0 Å². The number of carbonyl (C=O) groups is 2. The van der Waals surface area contributed by atoms with Gasteiger partial charge >= 0.3 is 11.8 Å². The molecule has 0 aliphatic rings. The van der Waals surface area contributed by atoms with E-state index in [1.54, 1.807) is 18.3 Å². The number of hydrazone groups is 1. The van der Waals surface area contributed by atoms with E-state index >= 15 is 0 Å². The average molecular weight is 347 g/mol. The van der Waals surface area contributed by atoms with Crippen molar-refractivity contribution in [3.63, 3.8) is 0 Å². The molecule has 2 rings (SSSR count). The van der Waals surface area contributed by atoms with Gasteiger partial charge in [-0.1, -0.05) is 6.07 Å². The normalized spacial score (nSPS) is 11.2. The SMILES string of the molecule is NS(=O)(=O)c1ccc(NC(=O)C(=O)N/N=C\c2cccnc2)cc1. The van der Waals surface area contributed by atoms with Crippen LogP contribution in [0.4, 0.5) is 5.69 Å². The molecule has 2 aromatic rings. The molecule has 1 aromatic heterocycles. The van der Waals surface area contributed by atoms with Gasteiger partial charge in [0.2, 0.25) is 10.0 Å². The van der Waals surface area contributed by atoms with Crippen molar-refractivity contribution >= 4 is 33.7 Å². The molecule has 0 fully saturated rings. The molecule has 4 N–H and O–H groups in total. The molecule has 0 saturated carbocycles. The number of nitrogens with two attached hydrogens (primary N) is 1. The Bertz CT molecular complexity index is 864. The highest BCUT2D eigenvalue weighted by atomic mass is 32.2. The van der Waals surface area contributed by atoms with Crippen LogP contribution in [0.1, 0.15) is 5.56 Å². The Kier molecular flexibility index (Phi) is 5.35. The molecule has 124 valence electrons. The van der Waals surface area contributed by atoms with Crippen LogP contribution in [-0.4, -0.2) is 31.4 Å². The summed E-state index contributed by atoms with van der Waals surface area (Å²) in [6.07, 6.45) is 4.45. The number of benzene rings is 1. The number of carbonyl (C=O) groups excluding carboxylic acids is 2. The number of rotatable bonds is 4. The monoisotopic (exact) mass is 347 g/mol. The maximum atomic E-state index is 11.7. The zero-order chi connectivity index (χ0) is 17.6. The first kappa shape index (κ1) is 17.2. The van der Waals surface area contributed by atoms with Gasteiger partial charge in [0.15, 0.2) is 0 Å². The highest BCUT2D eigenvalue weighted by Crippen LogP contribution is 2.12. The van der Waals surface area contributed by atoms with Gasteiger partial charge < -0.3 is 5.32 Å². The Morgan fingerprint density at radius 1 is 1.12 bits per heavy atom. The first-order valence-electron chi connectivity index (χ1n) is 6.53. The lowest BCUT2D eigenvalue weighted by molar-refractivity contribution is -0.136. The van der Waals surface area contributed by atoms with E-state index in [9.17, 15) is 18.0 Å². The van der Waals surface area contributed by atoms with E-state index in [0.717, 1.165) is 0 Å². The topological polar surface area (TPSA) is 144 Å². The van der Waals surface area contributed by atoms with E-state index in [0.29, 0.717) is 5.56 Å². The zero-order valence-corrected chi connectivity index (χ0v) is 13.0. The maximum absolute atomic E-state index is 11.7. The van der Waals surface area contributed by atoms with Gasteiger partial charge in [-0.15, -0.1) is 0 Å². The molecule has 0 radical (unpaired) electrons. The minimum atomic E-state index is -3.82. The van der Waals surface area contributed by atoms with Crippen LogP contribution in [0.25, 0.3) is 0 Å². The smallest absolute Gasteiger partial charge is 0.318 e. The second kappa shape index (κ2) is 7.44. The number of anilines is 1. The van der Waals surface area contributed by atoms with Crippen molar-refractivity contribution in [2.75, 3.05) is 5.32 Å². The van der Waals surface area contributed by atoms with Gasteiger partial charge in [-0.25, -0.2) is 19.0 Å². The van der Waals surface area contributed by atoms with Crippen molar-refractivity contribution in [3.8, 4) is 0 Å². The van der Waals surface area contributed by atoms with Crippen molar-refractivity contribution < 1.29 is 18.0 Å². The lowest BCUT2D eigenvalue weighted by Gasteiger charge is -2.04. The minimum Gasteiger partial charge on any atom is -0.318 e. The third-order valence-electron chi connectivity index (χ3n) is 2.71.